The number of carbonyl (C=O) groups excluding carboxylic acids is 2. The standard InChI is InChI=1S/C16H15Cl3N4O2/c1-9(20-12-6-7-13(18)14(19)8-12)15(24)22-23-16(25)21-11-4-2-10(17)3-5-11/h2-9,20H,1H3,(H,22,24)(H2,21,23,25)/t9-/m0/s1. The molecule has 0 saturated carbocycles. The second kappa shape index (κ2) is 8.80. The Bertz CT molecular complexity index is 768. The summed E-state index contributed by atoms with van der Waals surface area (Å²) in [4.78, 5) is 23.8. The Morgan fingerprint density at radius 2 is 1.52 bits per heavy atom. The van der Waals surface area contributed by atoms with Gasteiger partial charge in [-0.25, -0.2) is 10.2 Å². The molecule has 2 rings (SSSR count). The van der Waals surface area contributed by atoms with Crippen LogP contribution >= 0.6 is 34.8 Å². The van der Waals surface area contributed by atoms with Gasteiger partial charge in [-0.15, -0.1) is 0 Å². The molecule has 0 aliphatic heterocycles. The molecule has 0 aromatic heterocycles. The molecule has 1 atom stereocenters. The van der Waals surface area contributed by atoms with Crippen molar-refractivity contribution in [1.82, 2.24) is 10.9 Å². The van der Waals surface area contributed by atoms with Crippen LogP contribution < -0.4 is 21.5 Å². The summed E-state index contributed by atoms with van der Waals surface area (Å²) < 4.78 is 0. The monoisotopic (exact) mass is 400 g/mol. The van der Waals surface area contributed by atoms with Crippen LogP contribution in [-0.2, 0) is 4.79 Å². The van der Waals surface area contributed by atoms with Gasteiger partial charge in [0, 0.05) is 16.4 Å². The Labute approximate surface area is 159 Å². The van der Waals surface area contributed by atoms with Crippen LogP contribution in [0.25, 0.3) is 0 Å². The van der Waals surface area contributed by atoms with E-state index in [0.29, 0.717) is 26.4 Å². The number of rotatable bonds is 4. The molecule has 0 heterocycles. The molecule has 0 aliphatic rings. The lowest BCUT2D eigenvalue weighted by Gasteiger charge is -2.16. The van der Waals surface area contributed by atoms with Gasteiger partial charge in [0.25, 0.3) is 5.91 Å². The molecule has 0 bridgehead atoms. The van der Waals surface area contributed by atoms with Crippen LogP contribution in [0.2, 0.25) is 15.1 Å². The van der Waals surface area contributed by atoms with Gasteiger partial charge in [-0.2, -0.15) is 0 Å². The first kappa shape index (κ1) is 19.2. The lowest BCUT2D eigenvalue weighted by atomic mass is 10.2. The minimum atomic E-state index is -0.618. The van der Waals surface area contributed by atoms with Gasteiger partial charge in [0.2, 0.25) is 0 Å². The van der Waals surface area contributed by atoms with Crippen molar-refractivity contribution in [3.8, 4) is 0 Å². The molecule has 3 amide bonds. The first-order valence-corrected chi connectivity index (χ1v) is 8.32. The number of halogens is 3. The van der Waals surface area contributed by atoms with E-state index in [2.05, 4.69) is 21.5 Å². The van der Waals surface area contributed by atoms with E-state index in [1.807, 2.05) is 0 Å². The van der Waals surface area contributed by atoms with Crippen LogP contribution in [0.3, 0.4) is 0 Å². The minimum Gasteiger partial charge on any atom is -0.374 e. The van der Waals surface area contributed by atoms with E-state index < -0.39 is 18.0 Å². The molecule has 25 heavy (non-hydrogen) atoms. The Morgan fingerprint density at radius 3 is 2.16 bits per heavy atom. The van der Waals surface area contributed by atoms with Crippen molar-refractivity contribution < 1.29 is 9.59 Å². The summed E-state index contributed by atoms with van der Waals surface area (Å²) in [6.45, 7) is 1.64. The summed E-state index contributed by atoms with van der Waals surface area (Å²) >= 11 is 17.5. The van der Waals surface area contributed by atoms with Crippen molar-refractivity contribution in [2.45, 2.75) is 13.0 Å². The van der Waals surface area contributed by atoms with Gasteiger partial charge in [-0.3, -0.25) is 10.2 Å². The van der Waals surface area contributed by atoms with E-state index in [4.69, 9.17) is 34.8 Å². The molecule has 2 aromatic carbocycles. The highest BCUT2D eigenvalue weighted by molar-refractivity contribution is 6.42. The maximum Gasteiger partial charge on any atom is 0.337 e. The highest BCUT2D eigenvalue weighted by Crippen LogP contribution is 2.25. The average molecular weight is 402 g/mol. The van der Waals surface area contributed by atoms with E-state index in [1.54, 1.807) is 49.4 Å². The van der Waals surface area contributed by atoms with Gasteiger partial charge in [0.15, 0.2) is 0 Å². The van der Waals surface area contributed by atoms with Crippen molar-refractivity contribution >= 4 is 58.1 Å². The second-order valence-corrected chi connectivity index (χ2v) is 6.32. The summed E-state index contributed by atoms with van der Waals surface area (Å²) in [5.74, 6) is -0.433. The summed E-state index contributed by atoms with van der Waals surface area (Å²) in [6, 6.07) is 10.3. The fraction of sp³-hybridized carbons (Fsp3) is 0.125. The summed E-state index contributed by atoms with van der Waals surface area (Å²) in [7, 11) is 0. The van der Waals surface area contributed by atoms with Crippen molar-refractivity contribution in [2.24, 2.45) is 0 Å². The molecule has 132 valence electrons. The number of amides is 3. The molecule has 6 nitrogen and oxygen atoms in total. The van der Waals surface area contributed by atoms with Crippen LogP contribution in [0.4, 0.5) is 16.2 Å². The SMILES string of the molecule is C[C@H](Nc1ccc(Cl)c(Cl)c1)C(=O)NNC(=O)Nc1ccc(Cl)cc1. The highest BCUT2D eigenvalue weighted by Gasteiger charge is 2.14. The predicted molar refractivity (Wildman–Crippen MR) is 101 cm³/mol. The summed E-state index contributed by atoms with van der Waals surface area (Å²) in [5, 5.41) is 6.85. The van der Waals surface area contributed by atoms with E-state index in [0.717, 1.165) is 0 Å². The Kier molecular flexibility index (Phi) is 6.75. The predicted octanol–water partition coefficient (Wildman–Crippen LogP) is 4.30. The average Bonchev–Trinajstić information content (AvgIpc) is 2.58. The fourth-order valence-electron chi connectivity index (χ4n) is 1.82. The third kappa shape index (κ3) is 6.01. The Morgan fingerprint density at radius 1 is 0.880 bits per heavy atom. The number of anilines is 2. The summed E-state index contributed by atoms with van der Waals surface area (Å²) in [5.41, 5.74) is 5.74. The number of urea groups is 1. The molecule has 4 N–H and O–H groups in total. The Balaban J connectivity index is 1.81. The quantitative estimate of drug-likeness (QED) is 0.577. The van der Waals surface area contributed by atoms with Gasteiger partial charge < -0.3 is 10.6 Å². The smallest absolute Gasteiger partial charge is 0.337 e. The van der Waals surface area contributed by atoms with Crippen molar-refractivity contribution in [1.29, 1.82) is 0 Å². The van der Waals surface area contributed by atoms with E-state index in [1.165, 1.54) is 0 Å². The van der Waals surface area contributed by atoms with Crippen LogP contribution in [-0.4, -0.2) is 18.0 Å². The van der Waals surface area contributed by atoms with Gasteiger partial charge in [-0.1, -0.05) is 34.8 Å². The highest BCUT2D eigenvalue weighted by atomic mass is 35.5. The molecule has 0 aliphatic carbocycles. The molecule has 0 saturated heterocycles. The van der Waals surface area contributed by atoms with Gasteiger partial charge >= 0.3 is 6.03 Å². The zero-order valence-corrected chi connectivity index (χ0v) is 15.3. The molecule has 0 unspecified atom stereocenters. The second-order valence-electron chi connectivity index (χ2n) is 5.07. The lowest BCUT2D eigenvalue weighted by Crippen LogP contribution is -2.49. The maximum absolute atomic E-state index is 12.0. The molecule has 2 aromatic rings. The topological polar surface area (TPSA) is 82.3 Å². The maximum atomic E-state index is 12.0. The van der Waals surface area contributed by atoms with E-state index >= 15 is 0 Å². The third-order valence-corrected chi connectivity index (χ3v) is 4.09. The number of hydrogen-bond donors (Lipinski definition) is 4. The van der Waals surface area contributed by atoms with E-state index in [-0.39, 0.29) is 0 Å². The van der Waals surface area contributed by atoms with Crippen molar-refractivity contribution in [3.05, 3.63) is 57.5 Å². The fourth-order valence-corrected chi connectivity index (χ4v) is 2.25. The van der Waals surface area contributed by atoms with Crippen LogP contribution in [0, 0.1) is 0 Å². The van der Waals surface area contributed by atoms with Crippen LogP contribution in [0.5, 0.6) is 0 Å². The number of carbonyl (C=O) groups is 2. The molecular formula is C16H15Cl3N4O2. The number of nitrogens with one attached hydrogen (secondary N) is 4. The lowest BCUT2D eigenvalue weighted by molar-refractivity contribution is -0.122. The number of hydrazine groups is 1. The molecule has 0 radical (unpaired) electrons. The Hall–Kier alpha value is -2.15. The van der Waals surface area contributed by atoms with Crippen LogP contribution in [0.1, 0.15) is 6.92 Å². The minimum absolute atomic E-state index is 0.375. The van der Waals surface area contributed by atoms with Crippen LogP contribution in [0.15, 0.2) is 42.5 Å². The van der Waals surface area contributed by atoms with Gasteiger partial charge in [0.05, 0.1) is 10.0 Å². The first-order chi connectivity index (χ1) is 11.8. The van der Waals surface area contributed by atoms with Crippen molar-refractivity contribution in [2.75, 3.05) is 10.6 Å². The number of benzene rings is 2. The van der Waals surface area contributed by atoms with Gasteiger partial charge in [-0.05, 0) is 49.4 Å². The third-order valence-electron chi connectivity index (χ3n) is 3.10. The summed E-state index contributed by atoms with van der Waals surface area (Å²) in [6.07, 6.45) is 0. The molecule has 0 fully saturated rings. The number of hydrogen-bond acceptors (Lipinski definition) is 3. The molecule has 9 heteroatoms. The molecule has 0 spiro atoms. The molecular weight excluding hydrogens is 387 g/mol. The zero-order valence-electron chi connectivity index (χ0n) is 13.1. The first-order valence-electron chi connectivity index (χ1n) is 7.19. The zero-order chi connectivity index (χ0) is 18.4. The normalized spacial score (nSPS) is 11.4. The van der Waals surface area contributed by atoms with Gasteiger partial charge in [0.1, 0.15) is 6.04 Å². The largest absolute Gasteiger partial charge is 0.374 e. The van der Waals surface area contributed by atoms with Crippen molar-refractivity contribution in [3.63, 3.8) is 0 Å². The van der Waals surface area contributed by atoms with E-state index in [9.17, 15) is 9.59 Å².